The molecule has 0 aliphatic heterocycles. The van der Waals surface area contributed by atoms with E-state index in [-0.39, 0.29) is 0 Å². The van der Waals surface area contributed by atoms with Crippen LogP contribution in [0.1, 0.15) is 0 Å². The second-order valence-electron chi connectivity index (χ2n) is 39.7. The van der Waals surface area contributed by atoms with Crippen molar-refractivity contribution in [2.75, 3.05) is 0 Å². The van der Waals surface area contributed by atoms with E-state index in [4.69, 9.17) is 13.3 Å². The second-order valence-corrected chi connectivity index (χ2v) is 39.7. The van der Waals surface area contributed by atoms with Gasteiger partial charge in [0.25, 0.3) is 0 Å². The van der Waals surface area contributed by atoms with Crippen LogP contribution in [0, 0.1) is 0 Å². The van der Waals surface area contributed by atoms with Gasteiger partial charge < -0.3 is 40.7 Å². The summed E-state index contributed by atoms with van der Waals surface area (Å²) < 4.78 is 34.2. The van der Waals surface area contributed by atoms with E-state index < -0.39 is 0 Å². The van der Waals surface area contributed by atoms with Crippen LogP contribution in [0.25, 0.3) is 330 Å². The smallest absolute Gasteiger partial charge is 0.136 e. The molecule has 0 amide bonds. The third-order valence-electron chi connectivity index (χ3n) is 32.5. The van der Waals surface area contributed by atoms with Gasteiger partial charge >= 0.3 is 0 Å². The number of fused-ring (bicyclic) bond motifs is 42. The number of para-hydroxylation sites is 9. The largest absolute Gasteiger partial charge is 0.456 e. The van der Waals surface area contributed by atoms with Crippen molar-refractivity contribution in [2.24, 2.45) is 0 Å². The molecule has 0 N–H and O–H groups in total. The highest BCUT2D eigenvalue weighted by molar-refractivity contribution is 6.38. The van der Waals surface area contributed by atoms with Gasteiger partial charge in [0.2, 0.25) is 0 Å². The molecule has 9 heterocycles. The van der Waals surface area contributed by atoms with Crippen LogP contribution in [0.5, 0.6) is 0 Å². The quantitative estimate of drug-likeness (QED) is 0.167. The van der Waals surface area contributed by atoms with Crippen LogP contribution < -0.4 is 0 Å². The first-order valence-electron chi connectivity index (χ1n) is 50.6. The SMILES string of the molecule is c1ccc(-n2c3ccc4oc5ccccc5c4c3c3ccc4c(c5ccccc5n4-c4ccc5c6c(cccc46)-c4ccccc4-5)c32)cc1.c1ccc(-n2c3ccccc3c3c2ccc2c4c5c(ccc4n(-c4ccc6c(c4)-c4cccc7cccc-6c47)c23)oc2ccccc25)cc1.c1ccc(-n2c3ccccc3c3c2ccc2c4c5c(ccc4n(-c4ccc6c7c(cccc47)-c4ccccc4-6)c23)oc2ccccc25)cc1. The standard InChI is InChI=1S/3C46H26N2O/c1-2-12-28(13-3-1)47-37-18-6-4-14-33(37)44-39(47)23-22-35-43-38(24-25-41-45(43)34-15-5-7-19-40(34)49-41)48(46(35)44)29-20-21-30-31-16-8-10-27-11-9-17-32(42(27)31)36(30)26-29;1-2-11-27(12-3-1)47-38-25-26-41-45(34-16-7-9-20-40(34)49-41)43(38)35-22-24-39-44(46(35)47)33-15-6-8-19-36(33)48(39)37-23-21-31-29-14-5-4-13-28(29)30-17-10-18-32(37)42(30)31;1-2-11-27(12-3-1)47-36-19-8-6-15-33(36)44-39(47)24-22-35-43-38(25-26-41-45(43)34-16-7-9-20-40(34)49-41)48(46(35)44)37-23-21-31-29-14-5-4-13-28(29)30-17-10-18-32(37)42(30)31/h3*1-26H. The molecular formula is C138H78N6O3. The zero-order valence-electron chi connectivity index (χ0n) is 78.9. The Morgan fingerprint density at radius 2 is 0.408 bits per heavy atom. The molecule has 3 aliphatic carbocycles. The maximum atomic E-state index is 6.48. The Balaban J connectivity index is 0.0000000945. The molecular weight excluding hydrogens is 1790 g/mol. The van der Waals surface area contributed by atoms with Gasteiger partial charge in [0.15, 0.2) is 0 Å². The van der Waals surface area contributed by atoms with E-state index in [2.05, 4.69) is 495 Å². The van der Waals surface area contributed by atoms with E-state index in [0.29, 0.717) is 0 Å². The summed E-state index contributed by atoms with van der Waals surface area (Å²) in [5.74, 6) is 0. The number of hydrogen-bond acceptors (Lipinski definition) is 3. The molecule has 33 aromatic rings. The highest BCUT2D eigenvalue weighted by Crippen LogP contribution is 2.58. The zero-order valence-corrected chi connectivity index (χ0v) is 78.9. The van der Waals surface area contributed by atoms with Gasteiger partial charge in [-0.25, -0.2) is 0 Å². The molecule has 0 atom stereocenters. The van der Waals surface area contributed by atoms with E-state index in [9.17, 15) is 0 Å². The average Bonchev–Trinajstić information content (AvgIpc) is 1.53. The summed E-state index contributed by atoms with van der Waals surface area (Å²) in [5, 5.41) is 29.6. The molecule has 0 spiro atoms. The minimum Gasteiger partial charge on any atom is -0.456 e. The number of furan rings is 3. The highest BCUT2D eigenvalue weighted by atomic mass is 16.3. The second kappa shape index (κ2) is 29.5. The first-order valence-corrected chi connectivity index (χ1v) is 50.6. The Hall–Kier alpha value is -19.7. The van der Waals surface area contributed by atoms with Crippen molar-refractivity contribution in [3.63, 3.8) is 0 Å². The predicted molar refractivity (Wildman–Crippen MR) is 613 cm³/mol. The molecule has 9 nitrogen and oxygen atoms in total. The van der Waals surface area contributed by atoms with Crippen molar-refractivity contribution in [1.82, 2.24) is 27.4 Å². The minimum absolute atomic E-state index is 0.912. The third kappa shape index (κ3) is 10.6. The summed E-state index contributed by atoms with van der Waals surface area (Å²) in [6, 6.07) is 172. The Labute approximate surface area is 837 Å². The van der Waals surface area contributed by atoms with Gasteiger partial charge in [0, 0.05) is 130 Å². The lowest BCUT2D eigenvalue weighted by atomic mass is 10.0. The van der Waals surface area contributed by atoms with Gasteiger partial charge in [-0.05, 0) is 240 Å². The first kappa shape index (κ1) is 79.0. The number of rotatable bonds is 6. The van der Waals surface area contributed by atoms with Gasteiger partial charge in [0.05, 0.1) is 77.6 Å². The Kier molecular flexibility index (Phi) is 15.8. The van der Waals surface area contributed by atoms with Gasteiger partial charge in [-0.15, -0.1) is 0 Å². The van der Waals surface area contributed by atoms with Crippen molar-refractivity contribution < 1.29 is 13.3 Å². The van der Waals surface area contributed by atoms with E-state index in [1.54, 1.807) is 0 Å². The fourth-order valence-electron chi connectivity index (χ4n) is 26.8. The Morgan fingerprint density at radius 3 is 0.844 bits per heavy atom. The maximum Gasteiger partial charge on any atom is 0.136 e. The van der Waals surface area contributed by atoms with Crippen molar-refractivity contribution in [1.29, 1.82) is 0 Å². The molecule has 147 heavy (non-hydrogen) atoms. The monoisotopic (exact) mass is 1870 g/mol. The van der Waals surface area contributed by atoms with Crippen molar-refractivity contribution in [3.8, 4) is 101 Å². The van der Waals surface area contributed by atoms with Gasteiger partial charge in [-0.2, -0.15) is 0 Å². The van der Waals surface area contributed by atoms with Gasteiger partial charge in [0.1, 0.15) is 33.5 Å². The van der Waals surface area contributed by atoms with Crippen LogP contribution in [-0.4, -0.2) is 27.4 Å². The Morgan fingerprint density at radius 1 is 0.122 bits per heavy atom. The fourth-order valence-corrected chi connectivity index (χ4v) is 26.8. The number of benzene rings is 24. The van der Waals surface area contributed by atoms with Crippen LogP contribution in [-0.2, 0) is 0 Å². The van der Waals surface area contributed by atoms with Crippen LogP contribution in [0.2, 0.25) is 0 Å². The van der Waals surface area contributed by atoms with Gasteiger partial charge in [-0.3, -0.25) is 0 Å². The first-order chi connectivity index (χ1) is 73.0. The molecule has 0 unspecified atom stereocenters. The van der Waals surface area contributed by atoms with Crippen molar-refractivity contribution in [2.45, 2.75) is 0 Å². The van der Waals surface area contributed by atoms with Crippen LogP contribution >= 0.6 is 0 Å². The van der Waals surface area contributed by atoms with E-state index in [0.717, 1.165) is 72.4 Å². The van der Waals surface area contributed by atoms with Crippen molar-refractivity contribution in [3.05, 3.63) is 473 Å². The van der Waals surface area contributed by atoms with E-state index >= 15 is 0 Å². The highest BCUT2D eigenvalue weighted by Gasteiger charge is 2.34. The molecule has 0 bridgehead atoms. The Bertz CT molecular complexity index is 11600. The molecule has 24 aromatic carbocycles. The molecule has 9 aromatic heterocycles. The normalized spacial score (nSPS) is 12.5. The molecule has 0 saturated carbocycles. The van der Waals surface area contributed by atoms with E-state index in [1.807, 2.05) is 6.07 Å². The number of aromatic nitrogens is 6. The summed E-state index contributed by atoms with van der Waals surface area (Å²) >= 11 is 0. The summed E-state index contributed by atoms with van der Waals surface area (Å²) in [4.78, 5) is 0. The van der Waals surface area contributed by atoms with E-state index in [1.165, 1.54) is 257 Å². The summed E-state index contributed by atoms with van der Waals surface area (Å²) in [6.45, 7) is 0. The molecule has 0 fully saturated rings. The number of hydrogen-bond donors (Lipinski definition) is 0. The lowest BCUT2D eigenvalue weighted by Gasteiger charge is -2.14. The summed E-state index contributed by atoms with van der Waals surface area (Å²) in [7, 11) is 0. The van der Waals surface area contributed by atoms with Crippen LogP contribution in [0.15, 0.2) is 486 Å². The number of nitrogens with zero attached hydrogens (tertiary/aromatic N) is 6. The fraction of sp³-hybridized carbons (Fsp3) is 0. The predicted octanol–water partition coefficient (Wildman–Crippen LogP) is 37.7. The summed E-state index contributed by atoms with van der Waals surface area (Å²) in [6.07, 6.45) is 0. The third-order valence-corrected chi connectivity index (χ3v) is 32.5. The topological polar surface area (TPSA) is 69.0 Å². The van der Waals surface area contributed by atoms with Crippen LogP contribution in [0.3, 0.4) is 0 Å². The lowest BCUT2D eigenvalue weighted by Crippen LogP contribution is -1.97. The molecule has 3 aliphatic rings. The minimum atomic E-state index is 0.912. The van der Waals surface area contributed by atoms with Gasteiger partial charge in [-0.1, -0.05) is 322 Å². The molecule has 0 saturated heterocycles. The van der Waals surface area contributed by atoms with Crippen molar-refractivity contribution >= 4 is 229 Å². The molecule has 678 valence electrons. The summed E-state index contributed by atoms with van der Waals surface area (Å²) in [5.41, 5.74) is 42.5. The molecule has 0 radical (unpaired) electrons. The maximum absolute atomic E-state index is 6.48. The van der Waals surface area contributed by atoms with Crippen LogP contribution in [0.4, 0.5) is 0 Å². The zero-order chi connectivity index (χ0) is 95.4. The average molecular weight is 1870 g/mol. The molecule has 9 heteroatoms. The molecule has 36 rings (SSSR count). The lowest BCUT2D eigenvalue weighted by molar-refractivity contribution is 0.669.